The van der Waals surface area contributed by atoms with E-state index in [-0.39, 0.29) is 0 Å². The Bertz CT molecular complexity index is 332. The Morgan fingerprint density at radius 1 is 0.625 bits per heavy atom. The highest BCUT2D eigenvalue weighted by Crippen LogP contribution is 2.36. The molecule has 0 bridgehead atoms. The first-order chi connectivity index (χ1) is 11.4. The molecular formula is C20H38O4. The molecule has 0 aromatic heterocycles. The standard InChI is InChI=1S/C20H38O4/c1-7-13-15-19(9-3,10-4)17(21)23-24-18(22)20(11-5,12-6)16-14-8-2/h7-16H2,1-6H3. The summed E-state index contributed by atoms with van der Waals surface area (Å²) in [5.41, 5.74) is -1.08. The molecule has 0 rings (SSSR count). The number of hydrogen-bond donors (Lipinski definition) is 0. The molecule has 0 aromatic carbocycles. The lowest BCUT2D eigenvalue weighted by molar-refractivity contribution is -0.275. The van der Waals surface area contributed by atoms with Gasteiger partial charge in [-0.1, -0.05) is 67.2 Å². The Kier molecular flexibility index (Phi) is 11.0. The van der Waals surface area contributed by atoms with Crippen molar-refractivity contribution in [2.75, 3.05) is 0 Å². The molecular weight excluding hydrogens is 304 g/mol. The summed E-state index contributed by atoms with van der Waals surface area (Å²) >= 11 is 0. The lowest BCUT2D eigenvalue weighted by Gasteiger charge is -2.30. The van der Waals surface area contributed by atoms with E-state index in [0.717, 1.165) is 38.5 Å². The van der Waals surface area contributed by atoms with Gasteiger partial charge in [-0.15, -0.1) is 0 Å². The van der Waals surface area contributed by atoms with Gasteiger partial charge in [-0.2, -0.15) is 0 Å². The maximum Gasteiger partial charge on any atom is 0.361 e. The predicted molar refractivity (Wildman–Crippen MR) is 97.3 cm³/mol. The van der Waals surface area contributed by atoms with Crippen LogP contribution in [0.4, 0.5) is 0 Å². The lowest BCUT2D eigenvalue weighted by Crippen LogP contribution is -2.36. The summed E-state index contributed by atoms with van der Waals surface area (Å²) in [6.45, 7) is 12.2. The molecule has 0 spiro atoms. The highest BCUT2D eigenvalue weighted by atomic mass is 17.2. The van der Waals surface area contributed by atoms with Crippen LogP contribution in [0.25, 0.3) is 0 Å². The van der Waals surface area contributed by atoms with E-state index in [9.17, 15) is 9.59 Å². The molecule has 0 aromatic rings. The maximum atomic E-state index is 12.6. The van der Waals surface area contributed by atoms with Crippen LogP contribution in [0.2, 0.25) is 0 Å². The van der Waals surface area contributed by atoms with Gasteiger partial charge in [-0.05, 0) is 38.5 Å². The fraction of sp³-hybridized carbons (Fsp3) is 0.900. The van der Waals surface area contributed by atoms with Gasteiger partial charge in [0.1, 0.15) is 0 Å². The Balaban J connectivity index is 4.93. The van der Waals surface area contributed by atoms with Crippen molar-refractivity contribution in [1.82, 2.24) is 0 Å². The van der Waals surface area contributed by atoms with E-state index >= 15 is 0 Å². The maximum absolute atomic E-state index is 12.6. The molecule has 0 fully saturated rings. The SMILES string of the molecule is CCCCC(CC)(CC)C(=O)OOC(=O)C(CC)(CC)CCCC. The molecule has 142 valence electrons. The summed E-state index contributed by atoms with van der Waals surface area (Å²) < 4.78 is 0. The van der Waals surface area contributed by atoms with Crippen molar-refractivity contribution >= 4 is 11.9 Å². The van der Waals surface area contributed by atoms with Crippen LogP contribution >= 0.6 is 0 Å². The molecule has 0 unspecified atom stereocenters. The minimum atomic E-state index is -0.541. The van der Waals surface area contributed by atoms with E-state index in [2.05, 4.69) is 13.8 Å². The molecule has 24 heavy (non-hydrogen) atoms. The van der Waals surface area contributed by atoms with E-state index in [4.69, 9.17) is 9.78 Å². The van der Waals surface area contributed by atoms with E-state index in [1.807, 2.05) is 27.7 Å². The second kappa shape index (κ2) is 11.5. The topological polar surface area (TPSA) is 52.6 Å². The molecule has 0 amide bonds. The zero-order valence-corrected chi connectivity index (χ0v) is 16.7. The quantitative estimate of drug-likeness (QED) is 0.323. The second-order valence-corrected chi connectivity index (χ2v) is 6.92. The second-order valence-electron chi connectivity index (χ2n) is 6.92. The van der Waals surface area contributed by atoms with Crippen molar-refractivity contribution in [3.8, 4) is 0 Å². The van der Waals surface area contributed by atoms with Crippen LogP contribution in [0.5, 0.6) is 0 Å². The summed E-state index contributed by atoms with van der Waals surface area (Å²) in [4.78, 5) is 35.2. The summed E-state index contributed by atoms with van der Waals surface area (Å²) in [7, 11) is 0. The van der Waals surface area contributed by atoms with Crippen molar-refractivity contribution in [1.29, 1.82) is 0 Å². The number of carbonyl (C=O) groups is 2. The van der Waals surface area contributed by atoms with Crippen molar-refractivity contribution < 1.29 is 19.4 Å². The third-order valence-electron chi connectivity index (χ3n) is 5.78. The lowest BCUT2D eigenvalue weighted by atomic mass is 9.78. The van der Waals surface area contributed by atoms with Crippen molar-refractivity contribution in [3.05, 3.63) is 0 Å². The van der Waals surface area contributed by atoms with Crippen LogP contribution in [0.15, 0.2) is 0 Å². The highest BCUT2D eigenvalue weighted by Gasteiger charge is 2.41. The van der Waals surface area contributed by atoms with Crippen LogP contribution in [0.1, 0.15) is 106 Å². The summed E-state index contributed by atoms with van der Waals surface area (Å²) in [5.74, 6) is -0.795. The smallest absolute Gasteiger partial charge is 0.247 e. The first-order valence-electron chi connectivity index (χ1n) is 9.85. The van der Waals surface area contributed by atoms with Gasteiger partial charge in [-0.3, -0.25) is 0 Å². The number of hydrogen-bond acceptors (Lipinski definition) is 4. The predicted octanol–water partition coefficient (Wildman–Crippen LogP) is 5.98. The zero-order chi connectivity index (χ0) is 18.6. The average Bonchev–Trinajstić information content (AvgIpc) is 2.62. The molecule has 0 aliphatic carbocycles. The fourth-order valence-electron chi connectivity index (χ4n) is 3.27. The first kappa shape index (κ1) is 22.9. The van der Waals surface area contributed by atoms with Crippen molar-refractivity contribution in [2.45, 2.75) is 106 Å². The Morgan fingerprint density at radius 3 is 1.12 bits per heavy atom. The van der Waals surface area contributed by atoms with Gasteiger partial charge in [0.25, 0.3) is 0 Å². The van der Waals surface area contributed by atoms with Crippen LogP contribution in [-0.2, 0) is 19.4 Å². The highest BCUT2D eigenvalue weighted by molar-refractivity contribution is 5.80. The third kappa shape index (κ3) is 5.78. The van der Waals surface area contributed by atoms with Gasteiger partial charge >= 0.3 is 11.9 Å². The fourth-order valence-corrected chi connectivity index (χ4v) is 3.27. The molecule has 0 aliphatic rings. The van der Waals surface area contributed by atoms with E-state index < -0.39 is 22.8 Å². The summed E-state index contributed by atoms with van der Waals surface area (Å²) in [6.07, 6.45) is 8.33. The van der Waals surface area contributed by atoms with Gasteiger partial charge in [-0.25, -0.2) is 19.4 Å². The molecule has 0 atom stereocenters. The Morgan fingerprint density at radius 2 is 0.917 bits per heavy atom. The average molecular weight is 343 g/mol. The van der Waals surface area contributed by atoms with Gasteiger partial charge in [0.05, 0.1) is 10.8 Å². The monoisotopic (exact) mass is 342 g/mol. The van der Waals surface area contributed by atoms with Gasteiger partial charge < -0.3 is 0 Å². The minimum absolute atomic E-state index is 0.397. The van der Waals surface area contributed by atoms with Gasteiger partial charge in [0, 0.05) is 0 Å². The van der Waals surface area contributed by atoms with Crippen molar-refractivity contribution in [3.63, 3.8) is 0 Å². The summed E-state index contributed by atoms with van der Waals surface area (Å²) in [5, 5.41) is 0. The van der Waals surface area contributed by atoms with Crippen LogP contribution in [-0.4, -0.2) is 11.9 Å². The first-order valence-corrected chi connectivity index (χ1v) is 9.85. The molecule has 0 aliphatic heterocycles. The number of rotatable bonds is 12. The van der Waals surface area contributed by atoms with Crippen LogP contribution < -0.4 is 0 Å². The van der Waals surface area contributed by atoms with E-state index in [1.54, 1.807) is 0 Å². The molecule has 0 radical (unpaired) electrons. The van der Waals surface area contributed by atoms with Gasteiger partial charge in [0.15, 0.2) is 0 Å². The molecule has 0 heterocycles. The van der Waals surface area contributed by atoms with Crippen LogP contribution in [0.3, 0.4) is 0 Å². The normalized spacial score (nSPS) is 12.1. The number of unbranched alkanes of at least 4 members (excludes halogenated alkanes) is 2. The molecule has 0 N–H and O–H groups in total. The van der Waals surface area contributed by atoms with Crippen LogP contribution in [0, 0.1) is 10.8 Å². The number of carbonyl (C=O) groups excluding carboxylic acids is 2. The summed E-state index contributed by atoms with van der Waals surface area (Å²) in [6, 6.07) is 0. The van der Waals surface area contributed by atoms with Gasteiger partial charge in [0.2, 0.25) is 0 Å². The van der Waals surface area contributed by atoms with E-state index in [0.29, 0.717) is 25.7 Å². The molecule has 4 nitrogen and oxygen atoms in total. The van der Waals surface area contributed by atoms with E-state index in [1.165, 1.54) is 0 Å². The zero-order valence-electron chi connectivity index (χ0n) is 16.7. The molecule has 4 heteroatoms. The van der Waals surface area contributed by atoms with Crippen molar-refractivity contribution in [2.24, 2.45) is 10.8 Å². The molecule has 0 saturated carbocycles. The Hall–Kier alpha value is -1.06. The molecule has 0 saturated heterocycles. The third-order valence-corrected chi connectivity index (χ3v) is 5.78. The largest absolute Gasteiger partial charge is 0.361 e. The minimum Gasteiger partial charge on any atom is -0.247 e. The Labute approximate surface area is 148 Å².